The van der Waals surface area contributed by atoms with Gasteiger partial charge in [-0.1, -0.05) is 19.0 Å². The first-order chi connectivity index (χ1) is 14.3. The van der Waals surface area contributed by atoms with Crippen molar-refractivity contribution in [3.05, 3.63) is 41.6 Å². The van der Waals surface area contributed by atoms with Gasteiger partial charge >= 0.3 is 0 Å². The van der Waals surface area contributed by atoms with E-state index < -0.39 is 5.82 Å². The van der Waals surface area contributed by atoms with E-state index in [-0.39, 0.29) is 23.6 Å². The predicted molar refractivity (Wildman–Crippen MR) is 107 cm³/mol. The van der Waals surface area contributed by atoms with E-state index in [4.69, 9.17) is 4.52 Å². The molecule has 2 amide bonds. The Morgan fingerprint density at radius 1 is 1.37 bits per heavy atom. The molecule has 1 unspecified atom stereocenters. The molecule has 3 heterocycles. The van der Waals surface area contributed by atoms with Crippen LogP contribution in [0.4, 0.5) is 4.39 Å². The number of halogens is 1. The molecule has 0 aliphatic carbocycles. The lowest BCUT2D eigenvalue weighted by Gasteiger charge is -2.38. The van der Waals surface area contributed by atoms with Gasteiger partial charge in [0.1, 0.15) is 11.5 Å². The van der Waals surface area contributed by atoms with Crippen LogP contribution in [0.1, 0.15) is 55.8 Å². The summed E-state index contributed by atoms with van der Waals surface area (Å²) in [6.45, 7) is 7.16. The third-order valence-electron chi connectivity index (χ3n) is 5.14. The van der Waals surface area contributed by atoms with Crippen LogP contribution in [-0.2, 0) is 17.6 Å². The zero-order valence-electron chi connectivity index (χ0n) is 17.7. The predicted octanol–water partition coefficient (Wildman–Crippen LogP) is 2.50. The van der Waals surface area contributed by atoms with Crippen molar-refractivity contribution in [1.82, 2.24) is 24.9 Å². The second-order valence-corrected chi connectivity index (χ2v) is 8.07. The summed E-state index contributed by atoms with van der Waals surface area (Å²) in [7, 11) is 0. The van der Waals surface area contributed by atoms with E-state index in [0.29, 0.717) is 43.7 Å². The highest BCUT2D eigenvalue weighted by Crippen LogP contribution is 2.19. The van der Waals surface area contributed by atoms with Crippen molar-refractivity contribution in [3.63, 3.8) is 0 Å². The molecule has 1 fully saturated rings. The van der Waals surface area contributed by atoms with Crippen LogP contribution >= 0.6 is 0 Å². The molecular formula is C21H28FN5O3. The Bertz CT molecular complexity index is 868. The van der Waals surface area contributed by atoms with E-state index in [0.717, 1.165) is 25.5 Å². The first kappa shape index (κ1) is 21.9. The molecule has 0 radical (unpaired) electrons. The minimum absolute atomic E-state index is 0.0555. The van der Waals surface area contributed by atoms with Crippen molar-refractivity contribution in [3.8, 4) is 0 Å². The standard InChI is InChI=1S/C21H28FN5O3/c1-14(2)11-20-24-19(25-30-20)8-10-27(15(3)28)17-5-4-9-26(13-17)21(29)18-7-6-16(22)12-23-18/h6-7,12,14,17H,4-5,8-11,13H2,1-3H3. The maximum Gasteiger partial charge on any atom is 0.272 e. The van der Waals surface area contributed by atoms with Crippen LogP contribution in [0.15, 0.2) is 22.9 Å². The van der Waals surface area contributed by atoms with Crippen LogP contribution in [0, 0.1) is 11.7 Å². The molecule has 8 nitrogen and oxygen atoms in total. The molecule has 2 aromatic rings. The van der Waals surface area contributed by atoms with Gasteiger partial charge in [-0.05, 0) is 30.9 Å². The zero-order valence-corrected chi connectivity index (χ0v) is 17.7. The number of amides is 2. The SMILES string of the molecule is CC(=O)N(CCc1noc(CC(C)C)n1)C1CCCN(C(=O)c2ccc(F)cn2)C1. The van der Waals surface area contributed by atoms with Gasteiger partial charge in [0.2, 0.25) is 11.8 Å². The monoisotopic (exact) mass is 417 g/mol. The fourth-order valence-electron chi connectivity index (χ4n) is 3.70. The van der Waals surface area contributed by atoms with Gasteiger partial charge in [0.15, 0.2) is 5.82 Å². The Balaban J connectivity index is 1.62. The zero-order chi connectivity index (χ0) is 21.7. The van der Waals surface area contributed by atoms with Gasteiger partial charge in [0.25, 0.3) is 5.91 Å². The average Bonchev–Trinajstić information content (AvgIpc) is 3.14. The van der Waals surface area contributed by atoms with E-state index >= 15 is 0 Å². The van der Waals surface area contributed by atoms with Gasteiger partial charge in [0, 0.05) is 45.4 Å². The fourth-order valence-corrected chi connectivity index (χ4v) is 3.70. The third kappa shape index (κ3) is 5.61. The summed E-state index contributed by atoms with van der Waals surface area (Å²) < 4.78 is 18.4. The first-order valence-corrected chi connectivity index (χ1v) is 10.3. The van der Waals surface area contributed by atoms with Crippen LogP contribution in [0.3, 0.4) is 0 Å². The van der Waals surface area contributed by atoms with Gasteiger partial charge in [-0.25, -0.2) is 9.37 Å². The van der Waals surface area contributed by atoms with Crippen molar-refractivity contribution in [2.45, 2.75) is 52.5 Å². The van der Waals surface area contributed by atoms with Crippen LogP contribution in [0.2, 0.25) is 0 Å². The lowest BCUT2D eigenvalue weighted by molar-refractivity contribution is -0.132. The summed E-state index contributed by atoms with van der Waals surface area (Å²) in [5.41, 5.74) is 0.205. The molecule has 0 spiro atoms. The number of pyridine rings is 1. The Morgan fingerprint density at radius 2 is 2.17 bits per heavy atom. The van der Waals surface area contributed by atoms with E-state index in [9.17, 15) is 14.0 Å². The van der Waals surface area contributed by atoms with E-state index in [1.165, 1.54) is 19.1 Å². The van der Waals surface area contributed by atoms with Gasteiger partial charge in [-0.2, -0.15) is 4.98 Å². The molecule has 1 aliphatic heterocycles. The van der Waals surface area contributed by atoms with E-state index in [2.05, 4.69) is 29.0 Å². The highest BCUT2D eigenvalue weighted by atomic mass is 19.1. The Morgan fingerprint density at radius 3 is 2.83 bits per heavy atom. The maximum absolute atomic E-state index is 13.1. The summed E-state index contributed by atoms with van der Waals surface area (Å²) in [5, 5.41) is 4.01. The van der Waals surface area contributed by atoms with Crippen molar-refractivity contribution >= 4 is 11.8 Å². The third-order valence-corrected chi connectivity index (χ3v) is 5.14. The second kappa shape index (κ2) is 9.77. The molecule has 0 saturated carbocycles. The Labute approximate surface area is 175 Å². The Kier molecular flexibility index (Phi) is 7.12. The largest absolute Gasteiger partial charge is 0.339 e. The minimum Gasteiger partial charge on any atom is -0.339 e. The summed E-state index contributed by atoms with van der Waals surface area (Å²) in [4.78, 5) is 36.8. The van der Waals surface area contributed by atoms with Crippen molar-refractivity contribution in [2.24, 2.45) is 5.92 Å². The molecule has 0 N–H and O–H groups in total. The van der Waals surface area contributed by atoms with Crippen LogP contribution in [-0.4, -0.2) is 62.4 Å². The quantitative estimate of drug-likeness (QED) is 0.687. The van der Waals surface area contributed by atoms with Crippen LogP contribution in [0.25, 0.3) is 0 Å². The average molecular weight is 417 g/mol. The summed E-state index contributed by atoms with van der Waals surface area (Å²) >= 11 is 0. The summed E-state index contributed by atoms with van der Waals surface area (Å²) in [5.74, 6) is 0.823. The maximum atomic E-state index is 13.1. The Hall–Kier alpha value is -2.84. The topological polar surface area (TPSA) is 92.4 Å². The second-order valence-electron chi connectivity index (χ2n) is 8.07. The molecule has 0 aromatic carbocycles. The van der Waals surface area contributed by atoms with Gasteiger partial charge < -0.3 is 14.3 Å². The molecule has 1 saturated heterocycles. The molecular weight excluding hydrogens is 389 g/mol. The number of nitrogens with zero attached hydrogens (tertiary/aromatic N) is 5. The van der Waals surface area contributed by atoms with Crippen molar-refractivity contribution in [1.29, 1.82) is 0 Å². The molecule has 3 rings (SSSR count). The van der Waals surface area contributed by atoms with E-state index in [1.54, 1.807) is 9.80 Å². The number of carbonyl (C=O) groups excluding carboxylic acids is 2. The molecule has 162 valence electrons. The number of likely N-dealkylation sites (tertiary alicyclic amines) is 1. The lowest BCUT2D eigenvalue weighted by Crippen LogP contribution is -2.51. The normalized spacial score (nSPS) is 16.7. The number of carbonyl (C=O) groups is 2. The first-order valence-electron chi connectivity index (χ1n) is 10.3. The highest BCUT2D eigenvalue weighted by Gasteiger charge is 2.30. The molecule has 2 aromatic heterocycles. The van der Waals surface area contributed by atoms with Gasteiger partial charge in [-0.3, -0.25) is 9.59 Å². The van der Waals surface area contributed by atoms with E-state index in [1.807, 2.05) is 0 Å². The molecule has 0 bridgehead atoms. The van der Waals surface area contributed by atoms with Gasteiger partial charge in [-0.15, -0.1) is 0 Å². The molecule has 9 heteroatoms. The number of hydrogen-bond donors (Lipinski definition) is 0. The number of hydrogen-bond acceptors (Lipinski definition) is 6. The van der Waals surface area contributed by atoms with Crippen molar-refractivity contribution < 1.29 is 18.5 Å². The molecule has 1 aliphatic rings. The van der Waals surface area contributed by atoms with Crippen LogP contribution < -0.4 is 0 Å². The van der Waals surface area contributed by atoms with Gasteiger partial charge in [0.05, 0.1) is 6.20 Å². The summed E-state index contributed by atoms with van der Waals surface area (Å²) in [6.07, 6.45) is 3.84. The molecule has 30 heavy (non-hydrogen) atoms. The minimum atomic E-state index is -0.483. The smallest absolute Gasteiger partial charge is 0.272 e. The number of piperidine rings is 1. The fraction of sp³-hybridized carbons (Fsp3) is 0.571. The van der Waals surface area contributed by atoms with Crippen molar-refractivity contribution in [2.75, 3.05) is 19.6 Å². The number of aromatic nitrogens is 3. The highest BCUT2D eigenvalue weighted by molar-refractivity contribution is 5.92. The number of rotatable bonds is 7. The summed E-state index contributed by atoms with van der Waals surface area (Å²) in [6, 6.07) is 2.51. The van der Waals surface area contributed by atoms with Crippen LogP contribution in [0.5, 0.6) is 0 Å². The molecule has 1 atom stereocenters. The lowest BCUT2D eigenvalue weighted by atomic mass is 10.0.